The van der Waals surface area contributed by atoms with E-state index in [1.54, 1.807) is 6.07 Å². The first kappa shape index (κ1) is 13.5. The Labute approximate surface area is 119 Å². The van der Waals surface area contributed by atoms with Crippen molar-refractivity contribution in [2.75, 3.05) is 13.1 Å². The highest BCUT2D eigenvalue weighted by atomic mass is 19.1. The molecule has 0 unspecified atom stereocenters. The standard InChI is InChI=1S/C16H19FN2O/c1-11-8-19(10-16(20-11)12-2-3-12)9-14-6-15(17)5-4-13(14)7-18/h4-6,11-12,16H,2-3,8-10H2,1H3/t11-,16+/m1/s1. The van der Waals surface area contributed by atoms with Crippen LogP contribution in [0.25, 0.3) is 0 Å². The molecule has 20 heavy (non-hydrogen) atoms. The van der Waals surface area contributed by atoms with Crippen molar-refractivity contribution in [3.63, 3.8) is 0 Å². The lowest BCUT2D eigenvalue weighted by Crippen LogP contribution is -2.47. The summed E-state index contributed by atoms with van der Waals surface area (Å²) in [4.78, 5) is 2.28. The van der Waals surface area contributed by atoms with Crippen LogP contribution in [0, 0.1) is 23.1 Å². The maximum Gasteiger partial charge on any atom is 0.123 e. The molecule has 0 radical (unpaired) electrons. The van der Waals surface area contributed by atoms with Crippen molar-refractivity contribution in [2.45, 2.75) is 38.5 Å². The van der Waals surface area contributed by atoms with Gasteiger partial charge in [-0.3, -0.25) is 4.90 Å². The van der Waals surface area contributed by atoms with Gasteiger partial charge in [0, 0.05) is 19.6 Å². The van der Waals surface area contributed by atoms with E-state index in [2.05, 4.69) is 17.9 Å². The SMILES string of the molecule is C[C@@H]1CN(Cc2cc(F)ccc2C#N)C[C@@H](C2CC2)O1. The van der Waals surface area contributed by atoms with E-state index < -0.39 is 0 Å². The van der Waals surface area contributed by atoms with Crippen molar-refractivity contribution < 1.29 is 9.13 Å². The van der Waals surface area contributed by atoms with Gasteiger partial charge in [0.25, 0.3) is 0 Å². The minimum atomic E-state index is -0.279. The average Bonchev–Trinajstić information content (AvgIpc) is 3.22. The lowest BCUT2D eigenvalue weighted by molar-refractivity contribution is -0.0881. The highest BCUT2D eigenvalue weighted by molar-refractivity contribution is 5.37. The molecule has 1 aromatic carbocycles. The van der Waals surface area contributed by atoms with Gasteiger partial charge in [0.15, 0.2) is 0 Å². The molecule has 2 fully saturated rings. The first-order valence-corrected chi connectivity index (χ1v) is 7.22. The molecule has 1 heterocycles. The summed E-state index contributed by atoms with van der Waals surface area (Å²) in [6.07, 6.45) is 3.02. The van der Waals surface area contributed by atoms with E-state index in [0.29, 0.717) is 24.1 Å². The fourth-order valence-corrected chi connectivity index (χ4v) is 2.98. The number of ether oxygens (including phenoxy) is 1. The van der Waals surface area contributed by atoms with Crippen LogP contribution < -0.4 is 0 Å². The highest BCUT2D eigenvalue weighted by Crippen LogP contribution is 2.36. The molecule has 3 rings (SSSR count). The van der Waals surface area contributed by atoms with Crippen LogP contribution in [0.15, 0.2) is 18.2 Å². The number of hydrogen-bond donors (Lipinski definition) is 0. The number of nitrogens with zero attached hydrogens (tertiary/aromatic N) is 2. The fourth-order valence-electron chi connectivity index (χ4n) is 2.98. The Bertz CT molecular complexity index is 536. The Morgan fingerprint density at radius 3 is 2.90 bits per heavy atom. The Morgan fingerprint density at radius 2 is 2.20 bits per heavy atom. The highest BCUT2D eigenvalue weighted by Gasteiger charge is 2.37. The minimum absolute atomic E-state index is 0.202. The topological polar surface area (TPSA) is 36.3 Å². The average molecular weight is 274 g/mol. The zero-order valence-electron chi connectivity index (χ0n) is 11.7. The van der Waals surface area contributed by atoms with E-state index >= 15 is 0 Å². The van der Waals surface area contributed by atoms with E-state index in [9.17, 15) is 4.39 Å². The van der Waals surface area contributed by atoms with Crippen LogP contribution in [0.1, 0.15) is 30.9 Å². The second-order valence-electron chi connectivity index (χ2n) is 5.93. The van der Waals surface area contributed by atoms with Gasteiger partial charge < -0.3 is 4.74 Å². The molecular weight excluding hydrogens is 255 g/mol. The Kier molecular flexibility index (Phi) is 3.73. The first-order valence-electron chi connectivity index (χ1n) is 7.22. The van der Waals surface area contributed by atoms with Crippen LogP contribution in [-0.2, 0) is 11.3 Å². The third kappa shape index (κ3) is 3.00. The first-order chi connectivity index (χ1) is 9.65. The van der Waals surface area contributed by atoms with E-state index in [-0.39, 0.29) is 11.9 Å². The molecule has 0 aromatic heterocycles. The van der Waals surface area contributed by atoms with Crippen LogP contribution in [0.4, 0.5) is 4.39 Å². The summed E-state index contributed by atoms with van der Waals surface area (Å²) < 4.78 is 19.4. The van der Waals surface area contributed by atoms with Gasteiger partial charge in [0.2, 0.25) is 0 Å². The molecule has 1 aliphatic carbocycles. The molecule has 1 aliphatic heterocycles. The molecule has 4 heteroatoms. The third-order valence-corrected chi connectivity index (χ3v) is 4.09. The third-order valence-electron chi connectivity index (χ3n) is 4.09. The number of benzene rings is 1. The summed E-state index contributed by atoms with van der Waals surface area (Å²) in [5.41, 5.74) is 1.34. The van der Waals surface area contributed by atoms with Gasteiger partial charge in [-0.15, -0.1) is 0 Å². The van der Waals surface area contributed by atoms with E-state index in [1.807, 2.05) is 0 Å². The van der Waals surface area contributed by atoms with Crippen LogP contribution in [-0.4, -0.2) is 30.2 Å². The molecule has 1 saturated heterocycles. The summed E-state index contributed by atoms with van der Waals surface area (Å²) in [7, 11) is 0. The molecule has 0 amide bonds. The number of hydrogen-bond acceptors (Lipinski definition) is 3. The van der Waals surface area contributed by atoms with Crippen LogP contribution in [0.5, 0.6) is 0 Å². The number of halogens is 1. The maximum atomic E-state index is 13.4. The van der Waals surface area contributed by atoms with Crippen molar-refractivity contribution in [2.24, 2.45) is 5.92 Å². The predicted octanol–water partition coefficient (Wildman–Crippen LogP) is 2.70. The molecule has 2 aliphatic rings. The molecule has 1 saturated carbocycles. The molecule has 0 N–H and O–H groups in total. The molecule has 0 bridgehead atoms. The molecule has 2 atom stereocenters. The summed E-state index contributed by atoms with van der Waals surface area (Å²) in [5.74, 6) is 0.419. The van der Waals surface area contributed by atoms with E-state index in [4.69, 9.17) is 10.00 Å². The number of nitriles is 1. The van der Waals surface area contributed by atoms with E-state index in [1.165, 1.54) is 25.0 Å². The second-order valence-corrected chi connectivity index (χ2v) is 5.93. The van der Waals surface area contributed by atoms with Gasteiger partial charge in [0.1, 0.15) is 5.82 Å². The van der Waals surface area contributed by atoms with Gasteiger partial charge in [-0.1, -0.05) is 0 Å². The van der Waals surface area contributed by atoms with Gasteiger partial charge in [-0.2, -0.15) is 5.26 Å². The number of rotatable bonds is 3. The van der Waals surface area contributed by atoms with Crippen molar-refractivity contribution in [1.82, 2.24) is 4.90 Å². The molecule has 106 valence electrons. The van der Waals surface area contributed by atoms with Crippen molar-refractivity contribution >= 4 is 0 Å². The van der Waals surface area contributed by atoms with Crippen LogP contribution >= 0.6 is 0 Å². The van der Waals surface area contributed by atoms with Crippen molar-refractivity contribution in [3.8, 4) is 6.07 Å². The van der Waals surface area contributed by atoms with Crippen LogP contribution in [0.2, 0.25) is 0 Å². The normalized spacial score (nSPS) is 27.2. The second kappa shape index (κ2) is 5.51. The van der Waals surface area contributed by atoms with Crippen LogP contribution in [0.3, 0.4) is 0 Å². The lowest BCUT2D eigenvalue weighted by Gasteiger charge is -2.37. The fraction of sp³-hybridized carbons (Fsp3) is 0.562. The van der Waals surface area contributed by atoms with Gasteiger partial charge in [-0.05, 0) is 49.4 Å². The zero-order valence-corrected chi connectivity index (χ0v) is 11.7. The summed E-state index contributed by atoms with van der Waals surface area (Å²) in [5, 5.41) is 9.13. The smallest absolute Gasteiger partial charge is 0.123 e. The van der Waals surface area contributed by atoms with Gasteiger partial charge in [-0.25, -0.2) is 4.39 Å². The van der Waals surface area contributed by atoms with Crippen molar-refractivity contribution in [3.05, 3.63) is 35.1 Å². The molecule has 3 nitrogen and oxygen atoms in total. The van der Waals surface area contributed by atoms with Gasteiger partial charge in [0.05, 0.1) is 23.8 Å². The monoisotopic (exact) mass is 274 g/mol. The Balaban J connectivity index is 1.73. The predicted molar refractivity (Wildman–Crippen MR) is 73.5 cm³/mol. The summed E-state index contributed by atoms with van der Waals surface area (Å²) >= 11 is 0. The lowest BCUT2D eigenvalue weighted by atomic mass is 10.1. The summed E-state index contributed by atoms with van der Waals surface area (Å²) in [6, 6.07) is 6.53. The Morgan fingerprint density at radius 1 is 1.40 bits per heavy atom. The largest absolute Gasteiger partial charge is 0.372 e. The molecule has 1 aromatic rings. The number of morpholine rings is 1. The minimum Gasteiger partial charge on any atom is -0.372 e. The summed E-state index contributed by atoms with van der Waals surface area (Å²) in [6.45, 7) is 4.43. The Hall–Kier alpha value is -1.44. The molecular formula is C16H19FN2O. The maximum absolute atomic E-state index is 13.4. The zero-order chi connectivity index (χ0) is 14.1. The quantitative estimate of drug-likeness (QED) is 0.850. The van der Waals surface area contributed by atoms with Gasteiger partial charge >= 0.3 is 0 Å². The molecule has 0 spiro atoms. The van der Waals surface area contributed by atoms with Crippen molar-refractivity contribution in [1.29, 1.82) is 5.26 Å². The van der Waals surface area contributed by atoms with E-state index in [0.717, 1.165) is 18.7 Å².